The van der Waals surface area contributed by atoms with Crippen LogP contribution in [-0.2, 0) is 13.0 Å². The fraction of sp³-hybridized carbons (Fsp3) is 0.400. The third-order valence-corrected chi connectivity index (χ3v) is 3.83. The molecular weight excluding hydrogens is 256 g/mol. The summed E-state index contributed by atoms with van der Waals surface area (Å²) in [7, 11) is 1.98. The minimum Gasteiger partial charge on any atom is -0.487 e. The Labute approximate surface area is 118 Å². The van der Waals surface area contributed by atoms with Gasteiger partial charge in [0.05, 0.1) is 10.7 Å². The van der Waals surface area contributed by atoms with Crippen LogP contribution in [0.25, 0.3) is 0 Å². The maximum absolute atomic E-state index is 5.72. The molecule has 0 aliphatic rings. The van der Waals surface area contributed by atoms with Crippen LogP contribution < -0.4 is 10.1 Å². The summed E-state index contributed by atoms with van der Waals surface area (Å²) in [5.74, 6) is 0.895. The van der Waals surface area contributed by atoms with Gasteiger partial charge >= 0.3 is 0 Å². The fourth-order valence-corrected chi connectivity index (χ4v) is 2.41. The van der Waals surface area contributed by atoms with Gasteiger partial charge in [0.15, 0.2) is 0 Å². The van der Waals surface area contributed by atoms with E-state index in [-0.39, 0.29) is 0 Å². The molecule has 1 heterocycles. The molecule has 1 atom stereocenters. The summed E-state index contributed by atoms with van der Waals surface area (Å²) >= 11 is 1.65. The van der Waals surface area contributed by atoms with Crippen molar-refractivity contribution < 1.29 is 4.74 Å². The molecule has 0 aliphatic heterocycles. The van der Waals surface area contributed by atoms with Crippen molar-refractivity contribution in [2.75, 3.05) is 7.05 Å². The summed E-state index contributed by atoms with van der Waals surface area (Å²) in [6, 6.07) is 8.78. The maximum Gasteiger partial charge on any atom is 0.131 e. The molecule has 0 aliphatic carbocycles. The van der Waals surface area contributed by atoms with E-state index in [1.54, 1.807) is 11.3 Å². The van der Waals surface area contributed by atoms with E-state index >= 15 is 0 Å². The van der Waals surface area contributed by atoms with Gasteiger partial charge in [0.1, 0.15) is 12.4 Å². The fourth-order valence-electron chi connectivity index (χ4n) is 1.81. The minimum absolute atomic E-state index is 0.491. The van der Waals surface area contributed by atoms with Crippen LogP contribution in [0.15, 0.2) is 29.6 Å². The lowest BCUT2D eigenvalue weighted by molar-refractivity contribution is 0.302. The topological polar surface area (TPSA) is 34.1 Å². The van der Waals surface area contributed by atoms with Gasteiger partial charge in [-0.3, -0.25) is 0 Å². The van der Waals surface area contributed by atoms with Gasteiger partial charge in [0.25, 0.3) is 0 Å². The van der Waals surface area contributed by atoms with Gasteiger partial charge in [0.2, 0.25) is 0 Å². The molecule has 0 saturated carbocycles. The van der Waals surface area contributed by atoms with E-state index in [9.17, 15) is 0 Å². The molecule has 1 aromatic carbocycles. The number of ether oxygens (including phenoxy) is 1. The van der Waals surface area contributed by atoms with Crippen LogP contribution in [0.3, 0.4) is 0 Å². The third-order valence-electron chi connectivity index (χ3n) is 3.01. The van der Waals surface area contributed by atoms with Gasteiger partial charge in [0, 0.05) is 11.4 Å². The number of likely N-dealkylation sites (N-methyl/N-ethyl adjacent to an activating group) is 1. The highest BCUT2D eigenvalue weighted by atomic mass is 32.1. The van der Waals surface area contributed by atoms with Gasteiger partial charge < -0.3 is 10.1 Å². The Morgan fingerprint density at radius 2 is 2.05 bits per heavy atom. The van der Waals surface area contributed by atoms with E-state index in [0.717, 1.165) is 22.9 Å². The van der Waals surface area contributed by atoms with Gasteiger partial charge in [-0.1, -0.05) is 12.1 Å². The van der Waals surface area contributed by atoms with E-state index in [4.69, 9.17) is 4.74 Å². The van der Waals surface area contributed by atoms with Crippen molar-refractivity contribution in [3.05, 3.63) is 45.9 Å². The number of rotatable bonds is 6. The molecule has 0 saturated heterocycles. The zero-order valence-corrected chi connectivity index (χ0v) is 12.5. The Morgan fingerprint density at radius 1 is 1.32 bits per heavy atom. The Bertz CT molecular complexity index is 507. The van der Waals surface area contributed by atoms with Gasteiger partial charge in [-0.15, -0.1) is 11.3 Å². The third kappa shape index (κ3) is 4.33. The molecule has 0 radical (unpaired) electrons. The molecule has 2 rings (SSSR count). The normalized spacial score (nSPS) is 12.4. The SMILES string of the molecule is CNC(C)Cc1ccc(OCc2csc(C)n2)cc1. The first-order valence-electron chi connectivity index (χ1n) is 6.47. The lowest BCUT2D eigenvalue weighted by atomic mass is 10.1. The number of hydrogen-bond donors (Lipinski definition) is 1. The molecule has 0 bridgehead atoms. The average molecular weight is 276 g/mol. The molecule has 3 nitrogen and oxygen atoms in total. The van der Waals surface area contributed by atoms with Crippen LogP contribution in [0.4, 0.5) is 0 Å². The average Bonchev–Trinajstić information content (AvgIpc) is 2.83. The van der Waals surface area contributed by atoms with Crippen molar-refractivity contribution in [2.24, 2.45) is 0 Å². The summed E-state index contributed by atoms with van der Waals surface area (Å²) in [6.45, 7) is 4.72. The molecule has 102 valence electrons. The quantitative estimate of drug-likeness (QED) is 0.880. The van der Waals surface area contributed by atoms with Gasteiger partial charge in [-0.05, 0) is 45.0 Å². The predicted octanol–water partition coefficient (Wildman–Crippen LogP) is 3.18. The largest absolute Gasteiger partial charge is 0.487 e. The molecule has 2 aromatic rings. The van der Waals surface area contributed by atoms with Crippen molar-refractivity contribution in [3.63, 3.8) is 0 Å². The summed E-state index contributed by atoms with van der Waals surface area (Å²) in [5, 5.41) is 6.36. The highest BCUT2D eigenvalue weighted by Gasteiger charge is 2.02. The Hall–Kier alpha value is -1.39. The smallest absolute Gasteiger partial charge is 0.131 e. The number of hydrogen-bond acceptors (Lipinski definition) is 4. The lowest BCUT2D eigenvalue weighted by Gasteiger charge is -2.10. The zero-order valence-electron chi connectivity index (χ0n) is 11.6. The van der Waals surface area contributed by atoms with E-state index in [2.05, 4.69) is 29.4 Å². The molecule has 1 unspecified atom stereocenters. The molecular formula is C15H20N2OS. The van der Waals surface area contributed by atoms with Crippen molar-refractivity contribution in [2.45, 2.75) is 32.9 Å². The van der Waals surface area contributed by atoms with Crippen LogP contribution >= 0.6 is 11.3 Å². The highest BCUT2D eigenvalue weighted by molar-refractivity contribution is 7.09. The zero-order chi connectivity index (χ0) is 13.7. The first-order chi connectivity index (χ1) is 9.17. The second kappa shape index (κ2) is 6.68. The van der Waals surface area contributed by atoms with Crippen LogP contribution in [-0.4, -0.2) is 18.1 Å². The minimum atomic E-state index is 0.491. The number of nitrogens with zero attached hydrogens (tertiary/aromatic N) is 1. The summed E-state index contributed by atoms with van der Waals surface area (Å²) in [5.41, 5.74) is 2.31. The second-order valence-electron chi connectivity index (χ2n) is 4.68. The monoisotopic (exact) mass is 276 g/mol. The highest BCUT2D eigenvalue weighted by Crippen LogP contribution is 2.16. The Balaban J connectivity index is 1.88. The van der Waals surface area contributed by atoms with E-state index in [1.807, 2.05) is 31.5 Å². The first-order valence-corrected chi connectivity index (χ1v) is 7.35. The molecule has 4 heteroatoms. The van der Waals surface area contributed by atoms with Crippen LogP contribution in [0.1, 0.15) is 23.2 Å². The summed E-state index contributed by atoms with van der Waals surface area (Å²) < 4.78 is 5.72. The van der Waals surface area contributed by atoms with Crippen LogP contribution in [0, 0.1) is 6.92 Å². The van der Waals surface area contributed by atoms with Crippen molar-refractivity contribution >= 4 is 11.3 Å². The maximum atomic E-state index is 5.72. The van der Waals surface area contributed by atoms with Gasteiger partial charge in [-0.25, -0.2) is 4.98 Å². The van der Waals surface area contributed by atoms with E-state index in [0.29, 0.717) is 12.6 Å². The van der Waals surface area contributed by atoms with Crippen molar-refractivity contribution in [3.8, 4) is 5.75 Å². The van der Waals surface area contributed by atoms with Crippen LogP contribution in [0.5, 0.6) is 5.75 Å². The Morgan fingerprint density at radius 3 is 2.63 bits per heavy atom. The Kier molecular flexibility index (Phi) is 4.93. The van der Waals surface area contributed by atoms with Gasteiger partial charge in [-0.2, -0.15) is 0 Å². The summed E-state index contributed by atoms with van der Waals surface area (Å²) in [4.78, 5) is 4.38. The number of aryl methyl sites for hydroxylation is 1. The molecule has 0 fully saturated rings. The number of benzene rings is 1. The van der Waals surface area contributed by atoms with Crippen molar-refractivity contribution in [1.82, 2.24) is 10.3 Å². The number of aromatic nitrogens is 1. The molecule has 19 heavy (non-hydrogen) atoms. The first kappa shape index (κ1) is 14.0. The standard InChI is InChI=1S/C15H20N2OS/c1-11(16-3)8-13-4-6-15(7-5-13)18-9-14-10-19-12(2)17-14/h4-7,10-11,16H,8-9H2,1-3H3. The molecule has 0 spiro atoms. The summed E-state index contributed by atoms with van der Waals surface area (Å²) in [6.07, 6.45) is 1.03. The molecule has 0 amide bonds. The van der Waals surface area contributed by atoms with Crippen molar-refractivity contribution in [1.29, 1.82) is 0 Å². The van der Waals surface area contributed by atoms with E-state index in [1.165, 1.54) is 5.56 Å². The number of nitrogens with one attached hydrogen (secondary N) is 1. The second-order valence-corrected chi connectivity index (χ2v) is 5.75. The van der Waals surface area contributed by atoms with E-state index < -0.39 is 0 Å². The molecule has 1 aromatic heterocycles. The number of thiazole rings is 1. The molecule has 1 N–H and O–H groups in total. The predicted molar refractivity (Wildman–Crippen MR) is 79.9 cm³/mol. The van der Waals surface area contributed by atoms with Crippen LogP contribution in [0.2, 0.25) is 0 Å². The lowest BCUT2D eigenvalue weighted by Crippen LogP contribution is -2.23.